The van der Waals surface area contributed by atoms with Crippen LogP contribution in [0.25, 0.3) is 0 Å². The summed E-state index contributed by atoms with van der Waals surface area (Å²) in [7, 11) is 0. The van der Waals surface area contributed by atoms with Crippen molar-refractivity contribution >= 4 is 0 Å². The third-order valence-corrected chi connectivity index (χ3v) is 0.926. The molecule has 0 amide bonds. The number of rotatable bonds is 4. The Bertz CT molecular complexity index is 96.4. The predicted molar refractivity (Wildman–Crippen MR) is 41.8 cm³/mol. The van der Waals surface area contributed by atoms with E-state index in [0.717, 1.165) is 0 Å². The maximum atomic E-state index is 12.3. The topological polar surface area (TPSA) is 35.2 Å². The van der Waals surface area contributed by atoms with Gasteiger partial charge in [0.05, 0.1) is 12.6 Å². The van der Waals surface area contributed by atoms with Crippen LogP contribution in [-0.4, -0.2) is 25.2 Å². The molecule has 0 aromatic rings. The lowest BCUT2D eigenvalue weighted by Gasteiger charge is -2.15. The molecule has 11 heavy (non-hydrogen) atoms. The Morgan fingerprint density at radius 2 is 1.91 bits per heavy atom. The molecule has 0 aliphatic rings. The van der Waals surface area contributed by atoms with E-state index in [1.165, 1.54) is 0 Å². The van der Waals surface area contributed by atoms with Crippen LogP contribution in [-0.2, 0) is 4.74 Å². The fourth-order valence-corrected chi connectivity index (χ4v) is 0.348. The van der Waals surface area contributed by atoms with Crippen molar-refractivity contribution in [2.45, 2.75) is 33.3 Å². The molecule has 0 unspecified atom stereocenters. The number of hydrogen-bond donors (Lipinski definition) is 1. The first-order valence-corrected chi connectivity index (χ1v) is 3.17. The lowest BCUT2D eigenvalue weighted by molar-refractivity contribution is -0.0852. The molecule has 0 bridgehead atoms. The number of halogens is 2. The third kappa shape index (κ3) is 7.68. The standard InChI is InChI=1S/C6H13F2NO.CH4/c1-5(2)10-4-6(7,8)3-9;/h5H,3-4,9H2,1-2H3;1H4. The van der Waals surface area contributed by atoms with Gasteiger partial charge < -0.3 is 10.5 Å². The van der Waals surface area contributed by atoms with E-state index in [1.54, 1.807) is 13.8 Å². The third-order valence-electron chi connectivity index (χ3n) is 0.926. The summed E-state index contributed by atoms with van der Waals surface area (Å²) in [5, 5.41) is 0. The highest BCUT2D eigenvalue weighted by molar-refractivity contribution is 4.65. The van der Waals surface area contributed by atoms with Gasteiger partial charge in [0.2, 0.25) is 0 Å². The van der Waals surface area contributed by atoms with Gasteiger partial charge in [0, 0.05) is 0 Å². The molecule has 0 fully saturated rings. The summed E-state index contributed by atoms with van der Waals surface area (Å²) < 4.78 is 29.2. The second kappa shape index (κ2) is 5.43. The van der Waals surface area contributed by atoms with Gasteiger partial charge in [-0.15, -0.1) is 0 Å². The first-order chi connectivity index (χ1) is 4.48. The largest absolute Gasteiger partial charge is 0.372 e. The first-order valence-electron chi connectivity index (χ1n) is 3.17. The average Bonchev–Trinajstić information content (AvgIpc) is 1.85. The molecule has 0 saturated heterocycles. The molecule has 0 aliphatic heterocycles. The van der Waals surface area contributed by atoms with E-state index >= 15 is 0 Å². The fourth-order valence-electron chi connectivity index (χ4n) is 0.348. The molecule has 2 nitrogen and oxygen atoms in total. The highest BCUT2D eigenvalue weighted by atomic mass is 19.3. The zero-order valence-corrected chi connectivity index (χ0v) is 6.23. The van der Waals surface area contributed by atoms with Crippen molar-refractivity contribution in [3.05, 3.63) is 0 Å². The molecule has 0 saturated carbocycles. The van der Waals surface area contributed by atoms with Crippen LogP contribution in [0, 0.1) is 0 Å². The predicted octanol–water partition coefficient (Wildman–Crippen LogP) is 1.64. The molecule has 0 rings (SSSR count). The summed E-state index contributed by atoms with van der Waals surface area (Å²) in [6.07, 6.45) is -0.169. The number of hydrogen-bond acceptors (Lipinski definition) is 2. The van der Waals surface area contributed by atoms with Crippen molar-refractivity contribution in [1.82, 2.24) is 0 Å². The van der Waals surface area contributed by atoms with Gasteiger partial charge in [-0.05, 0) is 13.8 Å². The van der Waals surface area contributed by atoms with Crippen LogP contribution in [0.15, 0.2) is 0 Å². The SMILES string of the molecule is C.CC(C)OCC(F)(F)CN. The summed E-state index contributed by atoms with van der Waals surface area (Å²) in [5.74, 6) is -2.87. The van der Waals surface area contributed by atoms with Gasteiger partial charge in [-0.2, -0.15) is 0 Å². The van der Waals surface area contributed by atoms with E-state index < -0.39 is 19.1 Å². The molecular weight excluding hydrogens is 152 g/mol. The average molecular weight is 169 g/mol. The summed E-state index contributed by atoms with van der Waals surface area (Å²) in [4.78, 5) is 0. The van der Waals surface area contributed by atoms with Gasteiger partial charge in [-0.3, -0.25) is 0 Å². The molecule has 0 aliphatic carbocycles. The normalized spacial score (nSPS) is 11.5. The van der Waals surface area contributed by atoms with E-state index in [2.05, 4.69) is 4.74 Å². The van der Waals surface area contributed by atoms with E-state index in [1.807, 2.05) is 0 Å². The van der Waals surface area contributed by atoms with Crippen LogP contribution in [0.3, 0.4) is 0 Å². The molecule has 70 valence electrons. The van der Waals surface area contributed by atoms with Gasteiger partial charge in [-0.25, -0.2) is 8.78 Å². The second-order valence-electron chi connectivity index (χ2n) is 2.42. The minimum absolute atomic E-state index is 0. The van der Waals surface area contributed by atoms with Crippen molar-refractivity contribution < 1.29 is 13.5 Å². The fraction of sp³-hybridized carbons (Fsp3) is 1.00. The lowest BCUT2D eigenvalue weighted by atomic mass is 10.3. The first kappa shape index (κ1) is 13.4. The smallest absolute Gasteiger partial charge is 0.282 e. The number of nitrogens with two attached hydrogens (primary N) is 1. The van der Waals surface area contributed by atoms with Crippen LogP contribution in [0.2, 0.25) is 0 Å². The molecule has 0 heterocycles. The van der Waals surface area contributed by atoms with Crippen molar-refractivity contribution in [1.29, 1.82) is 0 Å². The second-order valence-corrected chi connectivity index (χ2v) is 2.42. The lowest BCUT2D eigenvalue weighted by Crippen LogP contribution is -2.34. The molecule has 0 aromatic heterocycles. The van der Waals surface area contributed by atoms with Crippen molar-refractivity contribution in [3.63, 3.8) is 0 Å². The maximum Gasteiger partial charge on any atom is 0.282 e. The minimum atomic E-state index is -2.87. The Labute approximate surface area is 66.7 Å². The van der Waals surface area contributed by atoms with Crippen LogP contribution in [0.4, 0.5) is 8.78 Å². The number of ether oxygens (including phenoxy) is 1. The van der Waals surface area contributed by atoms with E-state index in [0.29, 0.717) is 0 Å². The van der Waals surface area contributed by atoms with Gasteiger partial charge in [-0.1, -0.05) is 7.43 Å². The molecule has 0 radical (unpaired) electrons. The highest BCUT2D eigenvalue weighted by Gasteiger charge is 2.27. The van der Waals surface area contributed by atoms with Crippen molar-refractivity contribution in [3.8, 4) is 0 Å². The van der Waals surface area contributed by atoms with Crippen LogP contribution in [0.5, 0.6) is 0 Å². The quantitative estimate of drug-likeness (QED) is 0.694. The van der Waals surface area contributed by atoms with Crippen molar-refractivity contribution in [2.24, 2.45) is 5.73 Å². The Morgan fingerprint density at radius 3 is 2.18 bits per heavy atom. The molecule has 0 aromatic carbocycles. The Kier molecular flexibility index (Phi) is 6.61. The summed E-state index contributed by atoms with van der Waals surface area (Å²) in [6.45, 7) is 2.17. The van der Waals surface area contributed by atoms with Gasteiger partial charge in [0.25, 0.3) is 5.92 Å². The van der Waals surface area contributed by atoms with E-state index in [9.17, 15) is 8.78 Å². The minimum Gasteiger partial charge on any atom is -0.372 e. The molecule has 4 heteroatoms. The molecule has 0 atom stereocenters. The summed E-state index contributed by atoms with van der Waals surface area (Å²) >= 11 is 0. The summed E-state index contributed by atoms with van der Waals surface area (Å²) in [5.41, 5.74) is 4.76. The van der Waals surface area contributed by atoms with E-state index in [4.69, 9.17) is 5.73 Å². The van der Waals surface area contributed by atoms with E-state index in [-0.39, 0.29) is 13.5 Å². The van der Waals surface area contributed by atoms with Crippen LogP contribution < -0.4 is 5.73 Å². The maximum absolute atomic E-state index is 12.3. The van der Waals surface area contributed by atoms with Gasteiger partial charge in [0.15, 0.2) is 0 Å². The zero-order valence-electron chi connectivity index (χ0n) is 6.23. The Balaban J connectivity index is 0. The van der Waals surface area contributed by atoms with Crippen molar-refractivity contribution in [2.75, 3.05) is 13.2 Å². The van der Waals surface area contributed by atoms with Gasteiger partial charge in [0.1, 0.15) is 6.61 Å². The number of alkyl halides is 2. The molecule has 2 N–H and O–H groups in total. The monoisotopic (exact) mass is 169 g/mol. The Hall–Kier alpha value is -0.220. The zero-order chi connectivity index (χ0) is 8.20. The van der Waals surface area contributed by atoms with Crippen LogP contribution in [0.1, 0.15) is 21.3 Å². The van der Waals surface area contributed by atoms with Crippen LogP contribution >= 0.6 is 0 Å². The summed E-state index contributed by atoms with van der Waals surface area (Å²) in [6, 6.07) is 0. The molecule has 0 spiro atoms. The van der Waals surface area contributed by atoms with Gasteiger partial charge >= 0.3 is 0 Å². The highest BCUT2D eigenvalue weighted by Crippen LogP contribution is 2.11. The molecular formula is C7H17F2NO. The Morgan fingerprint density at radius 1 is 1.45 bits per heavy atom.